The lowest BCUT2D eigenvalue weighted by Crippen LogP contribution is -2.07. The van der Waals surface area contributed by atoms with E-state index in [2.05, 4.69) is 8.37 Å². The van der Waals surface area contributed by atoms with Crippen molar-refractivity contribution in [3.05, 3.63) is 0 Å². The Morgan fingerprint density at radius 2 is 1.91 bits per heavy atom. The predicted octanol–water partition coefficient (Wildman–Crippen LogP) is 0.856. The zero-order valence-electron chi connectivity index (χ0n) is 6.87. The van der Waals surface area contributed by atoms with E-state index in [1.54, 1.807) is 0 Å². The van der Waals surface area contributed by atoms with E-state index in [4.69, 9.17) is 0 Å². The van der Waals surface area contributed by atoms with Crippen molar-refractivity contribution in [1.82, 2.24) is 6.15 Å². The minimum Gasteiger partial charge on any atom is -0.344 e. The van der Waals surface area contributed by atoms with Gasteiger partial charge in [0.05, 0.1) is 13.7 Å². The van der Waals surface area contributed by atoms with Crippen LogP contribution in [0.25, 0.3) is 0 Å². The van der Waals surface area contributed by atoms with Crippen molar-refractivity contribution in [1.29, 1.82) is 0 Å². The first-order chi connectivity index (χ1) is 4.62. The van der Waals surface area contributed by atoms with Crippen LogP contribution in [0.3, 0.4) is 0 Å². The lowest BCUT2D eigenvalue weighted by Gasteiger charge is -1.99. The second kappa shape index (κ2) is 6.53. The van der Waals surface area contributed by atoms with Crippen LogP contribution in [-0.2, 0) is 18.8 Å². The van der Waals surface area contributed by atoms with Crippen LogP contribution >= 0.6 is 0 Å². The van der Waals surface area contributed by atoms with Gasteiger partial charge in [-0.15, -0.1) is 0 Å². The number of hydrogen-bond acceptors (Lipinski definition) is 5. The van der Waals surface area contributed by atoms with E-state index < -0.39 is 10.4 Å². The predicted molar refractivity (Wildman–Crippen MR) is 41.8 cm³/mol. The molecule has 0 spiro atoms. The standard InChI is InChI=1S/C5H12O4S.H3N/c1-3-4-5-9-10(6,7)8-2;/h3-5H2,1-2H3;1H3. The molecule has 0 saturated heterocycles. The SMILES string of the molecule is CCCCOS(=O)(=O)OC.N. The van der Waals surface area contributed by atoms with Gasteiger partial charge in [0.25, 0.3) is 0 Å². The van der Waals surface area contributed by atoms with Gasteiger partial charge >= 0.3 is 10.4 Å². The van der Waals surface area contributed by atoms with Crippen molar-refractivity contribution < 1.29 is 16.8 Å². The second-order valence-corrected chi connectivity index (χ2v) is 3.14. The molecule has 0 heterocycles. The largest absolute Gasteiger partial charge is 0.399 e. The van der Waals surface area contributed by atoms with Crippen molar-refractivity contribution in [2.75, 3.05) is 13.7 Å². The molecule has 0 atom stereocenters. The fourth-order valence-electron chi connectivity index (χ4n) is 0.353. The Morgan fingerprint density at radius 1 is 1.36 bits per heavy atom. The molecular weight excluding hydrogens is 170 g/mol. The zero-order chi connectivity index (χ0) is 8.04. The first-order valence-electron chi connectivity index (χ1n) is 3.07. The topological polar surface area (TPSA) is 87.6 Å². The Balaban J connectivity index is 0. The van der Waals surface area contributed by atoms with E-state index >= 15 is 0 Å². The quantitative estimate of drug-likeness (QED) is 0.642. The van der Waals surface area contributed by atoms with Gasteiger partial charge in [-0.05, 0) is 6.42 Å². The summed E-state index contributed by atoms with van der Waals surface area (Å²) in [6.45, 7) is 2.15. The summed E-state index contributed by atoms with van der Waals surface area (Å²) in [7, 11) is -2.62. The molecule has 0 amide bonds. The normalized spacial score (nSPS) is 10.7. The van der Waals surface area contributed by atoms with Crippen LogP contribution in [0.2, 0.25) is 0 Å². The molecule has 0 unspecified atom stereocenters. The molecule has 3 N–H and O–H groups in total. The van der Waals surface area contributed by atoms with Crippen LogP contribution in [0.15, 0.2) is 0 Å². The summed E-state index contributed by atoms with van der Waals surface area (Å²) in [5, 5.41) is 0. The maximum absolute atomic E-state index is 10.4. The van der Waals surface area contributed by atoms with Crippen LogP contribution in [0, 0.1) is 0 Å². The van der Waals surface area contributed by atoms with Crippen LogP contribution in [0.1, 0.15) is 19.8 Å². The molecular formula is C5H15NO4S. The average Bonchev–Trinajstić information content (AvgIpc) is 1.89. The minimum absolute atomic E-state index is 0. The van der Waals surface area contributed by atoms with E-state index in [1.807, 2.05) is 6.92 Å². The maximum Gasteiger partial charge on any atom is 0.399 e. The van der Waals surface area contributed by atoms with Gasteiger partial charge in [-0.3, -0.25) is 4.18 Å². The number of hydrogen-bond donors (Lipinski definition) is 1. The molecule has 5 nitrogen and oxygen atoms in total. The van der Waals surface area contributed by atoms with Crippen LogP contribution in [0.5, 0.6) is 0 Å². The van der Waals surface area contributed by atoms with Gasteiger partial charge in [-0.25, -0.2) is 4.18 Å². The van der Waals surface area contributed by atoms with Crippen molar-refractivity contribution in [3.63, 3.8) is 0 Å². The smallest absolute Gasteiger partial charge is 0.344 e. The minimum atomic E-state index is -3.69. The van der Waals surface area contributed by atoms with Crippen molar-refractivity contribution in [3.8, 4) is 0 Å². The summed E-state index contributed by atoms with van der Waals surface area (Å²) in [5.41, 5.74) is 0. The van der Waals surface area contributed by atoms with Gasteiger partial charge in [0, 0.05) is 0 Å². The van der Waals surface area contributed by atoms with E-state index in [0.717, 1.165) is 20.0 Å². The summed E-state index contributed by atoms with van der Waals surface area (Å²) >= 11 is 0. The monoisotopic (exact) mass is 185 g/mol. The molecule has 11 heavy (non-hydrogen) atoms. The Hall–Kier alpha value is -0.170. The molecule has 0 radical (unpaired) electrons. The molecule has 0 aliphatic heterocycles. The van der Waals surface area contributed by atoms with Gasteiger partial charge in [0.1, 0.15) is 0 Å². The summed E-state index contributed by atoms with van der Waals surface area (Å²) in [6, 6.07) is 0. The molecule has 0 aromatic carbocycles. The third kappa shape index (κ3) is 7.73. The van der Waals surface area contributed by atoms with E-state index in [1.165, 1.54) is 0 Å². The first kappa shape index (κ1) is 13.4. The molecule has 0 rings (SSSR count). The molecule has 0 saturated carbocycles. The Morgan fingerprint density at radius 3 is 2.27 bits per heavy atom. The molecule has 0 aliphatic rings. The fourth-order valence-corrected chi connectivity index (χ4v) is 0.772. The zero-order valence-corrected chi connectivity index (χ0v) is 7.69. The first-order valence-corrected chi connectivity index (χ1v) is 4.40. The third-order valence-electron chi connectivity index (χ3n) is 0.930. The second-order valence-electron chi connectivity index (χ2n) is 1.75. The maximum atomic E-state index is 10.4. The highest BCUT2D eigenvalue weighted by Gasteiger charge is 2.06. The molecule has 70 valence electrons. The summed E-state index contributed by atoms with van der Waals surface area (Å²) in [6.07, 6.45) is 1.63. The Bertz CT molecular complexity index is 165. The van der Waals surface area contributed by atoms with E-state index in [9.17, 15) is 8.42 Å². The van der Waals surface area contributed by atoms with Crippen LogP contribution in [0.4, 0.5) is 0 Å². The highest BCUT2D eigenvalue weighted by Crippen LogP contribution is 1.95. The van der Waals surface area contributed by atoms with Gasteiger partial charge < -0.3 is 6.15 Å². The molecule has 6 heteroatoms. The molecule has 0 aromatic rings. The Labute approximate surface area is 67.6 Å². The van der Waals surface area contributed by atoms with Gasteiger partial charge in [0.2, 0.25) is 0 Å². The molecule has 0 fully saturated rings. The van der Waals surface area contributed by atoms with Gasteiger partial charge in [0.15, 0.2) is 0 Å². The Kier molecular flexibility index (Phi) is 7.97. The molecule has 0 aliphatic carbocycles. The highest BCUT2D eigenvalue weighted by molar-refractivity contribution is 7.81. The van der Waals surface area contributed by atoms with E-state index in [0.29, 0.717) is 0 Å². The van der Waals surface area contributed by atoms with Crippen LogP contribution in [-0.4, -0.2) is 22.1 Å². The summed E-state index contributed by atoms with van der Waals surface area (Å²) in [5.74, 6) is 0. The lowest BCUT2D eigenvalue weighted by molar-refractivity contribution is 0.240. The molecule has 0 bridgehead atoms. The highest BCUT2D eigenvalue weighted by atomic mass is 32.3. The third-order valence-corrected chi connectivity index (χ3v) is 1.79. The summed E-state index contributed by atoms with van der Waals surface area (Å²) in [4.78, 5) is 0. The van der Waals surface area contributed by atoms with Crippen molar-refractivity contribution in [2.24, 2.45) is 0 Å². The average molecular weight is 185 g/mol. The molecule has 0 aromatic heterocycles. The lowest BCUT2D eigenvalue weighted by atomic mass is 10.4. The number of rotatable bonds is 5. The van der Waals surface area contributed by atoms with Gasteiger partial charge in [-0.1, -0.05) is 13.3 Å². The summed E-state index contributed by atoms with van der Waals surface area (Å²) < 4.78 is 29.3. The fraction of sp³-hybridized carbons (Fsp3) is 1.00. The number of unbranched alkanes of at least 4 members (excludes halogenated alkanes) is 1. The van der Waals surface area contributed by atoms with E-state index in [-0.39, 0.29) is 12.8 Å². The van der Waals surface area contributed by atoms with Gasteiger partial charge in [-0.2, -0.15) is 8.42 Å². The van der Waals surface area contributed by atoms with Crippen LogP contribution < -0.4 is 6.15 Å². The van der Waals surface area contributed by atoms with Crippen molar-refractivity contribution in [2.45, 2.75) is 19.8 Å². The van der Waals surface area contributed by atoms with Crippen molar-refractivity contribution >= 4 is 10.4 Å².